The molecule has 8 nitrogen and oxygen atoms in total. The molecule has 2 N–H and O–H groups in total. The maximum absolute atomic E-state index is 12.6. The monoisotopic (exact) mass is 408 g/mol. The summed E-state index contributed by atoms with van der Waals surface area (Å²) in [6.07, 6.45) is 6.18. The Morgan fingerprint density at radius 2 is 1.87 bits per heavy atom. The van der Waals surface area contributed by atoms with Crippen LogP contribution in [-0.2, 0) is 6.54 Å². The number of hydrogen-bond acceptors (Lipinski definition) is 4. The summed E-state index contributed by atoms with van der Waals surface area (Å²) in [6.45, 7) is 2.09. The van der Waals surface area contributed by atoms with E-state index in [2.05, 4.69) is 32.9 Å². The largest absolute Gasteiger partial charge is 0.490 e. The van der Waals surface area contributed by atoms with Crippen LogP contribution in [0.2, 0.25) is 0 Å². The van der Waals surface area contributed by atoms with Gasteiger partial charge in [0.2, 0.25) is 0 Å². The van der Waals surface area contributed by atoms with Crippen molar-refractivity contribution in [3.8, 4) is 5.75 Å². The van der Waals surface area contributed by atoms with Crippen LogP contribution < -0.4 is 16.0 Å². The van der Waals surface area contributed by atoms with Gasteiger partial charge in [-0.1, -0.05) is 6.07 Å². The summed E-state index contributed by atoms with van der Waals surface area (Å²) >= 11 is 0. The predicted octanol–water partition coefficient (Wildman–Crippen LogP) is 2.11. The van der Waals surface area contributed by atoms with Crippen molar-refractivity contribution in [1.82, 2.24) is 19.4 Å². The average molecular weight is 408 g/mol. The first kappa shape index (κ1) is 18.7. The molecular formula is C22H24N4O4. The molecule has 8 heteroatoms. The van der Waals surface area contributed by atoms with Gasteiger partial charge in [-0.05, 0) is 37.0 Å². The molecule has 1 aromatic carbocycles. The number of rotatable bonds is 5. The molecule has 1 amide bonds. The highest BCUT2D eigenvalue weighted by Crippen LogP contribution is 2.34. The maximum Gasteiger partial charge on any atom is 0.326 e. The van der Waals surface area contributed by atoms with Gasteiger partial charge >= 0.3 is 5.69 Å². The number of ether oxygens (including phenoxy) is 1. The third kappa shape index (κ3) is 3.77. The Bertz CT molecular complexity index is 1170. The van der Waals surface area contributed by atoms with Crippen LogP contribution in [-0.4, -0.2) is 44.5 Å². The predicted molar refractivity (Wildman–Crippen MR) is 112 cm³/mol. The topological polar surface area (TPSA) is 100 Å². The fourth-order valence-electron chi connectivity index (χ4n) is 4.15. The number of piperidine rings is 1. The minimum absolute atomic E-state index is 0.0182. The van der Waals surface area contributed by atoms with E-state index in [1.807, 2.05) is 12.1 Å². The summed E-state index contributed by atoms with van der Waals surface area (Å²) in [6, 6.07) is 9.41. The number of nitrogens with one attached hydrogen (secondary N) is 2. The summed E-state index contributed by atoms with van der Waals surface area (Å²) in [7, 11) is 0. The first-order valence-electron chi connectivity index (χ1n) is 10.4. The van der Waals surface area contributed by atoms with E-state index in [0.29, 0.717) is 25.9 Å². The molecule has 1 saturated heterocycles. The Morgan fingerprint density at radius 3 is 2.60 bits per heavy atom. The van der Waals surface area contributed by atoms with Crippen LogP contribution in [0.5, 0.6) is 5.75 Å². The molecule has 3 heterocycles. The lowest BCUT2D eigenvalue weighted by molar-refractivity contribution is 0.0592. The third-order valence-electron chi connectivity index (χ3n) is 5.94. The Morgan fingerprint density at radius 1 is 1.07 bits per heavy atom. The van der Waals surface area contributed by atoms with Crippen molar-refractivity contribution in [3.63, 3.8) is 0 Å². The van der Waals surface area contributed by atoms with Crippen molar-refractivity contribution in [2.24, 2.45) is 5.92 Å². The van der Waals surface area contributed by atoms with Gasteiger partial charge < -0.3 is 19.2 Å². The van der Waals surface area contributed by atoms with Crippen LogP contribution in [0.1, 0.15) is 36.2 Å². The molecule has 30 heavy (non-hydrogen) atoms. The molecule has 2 fully saturated rings. The standard InChI is InChI=1S/C22H24N4O4/c27-20-12-17(23-22(29)24-20)21(28)25-9-6-15(7-10-25)30-19-3-1-2-18-16(19)8-11-26(18)13-14-4-5-14/h1-3,8,11-12,14-15H,4-7,9-10,13H2,(H2,23,24,27,29). The number of likely N-dealkylation sites (tertiary alicyclic amines) is 1. The minimum Gasteiger partial charge on any atom is -0.490 e. The van der Waals surface area contributed by atoms with Crippen molar-refractivity contribution in [3.05, 3.63) is 63.1 Å². The summed E-state index contributed by atoms with van der Waals surface area (Å²) in [4.78, 5) is 41.6. The minimum atomic E-state index is -0.675. The molecule has 1 aliphatic heterocycles. The van der Waals surface area contributed by atoms with Crippen LogP contribution in [0.3, 0.4) is 0 Å². The lowest BCUT2D eigenvalue weighted by Crippen LogP contribution is -2.43. The molecule has 0 spiro atoms. The number of aromatic nitrogens is 3. The summed E-state index contributed by atoms with van der Waals surface area (Å²) in [5.74, 6) is 1.35. The van der Waals surface area contributed by atoms with Gasteiger partial charge in [-0.15, -0.1) is 0 Å². The molecule has 0 unspecified atom stereocenters. The van der Waals surface area contributed by atoms with Gasteiger partial charge in [-0.2, -0.15) is 0 Å². The Hall–Kier alpha value is -3.29. The van der Waals surface area contributed by atoms with Gasteiger partial charge in [0, 0.05) is 50.1 Å². The lowest BCUT2D eigenvalue weighted by Gasteiger charge is -2.32. The highest BCUT2D eigenvalue weighted by atomic mass is 16.5. The SMILES string of the molecule is O=C(c1cc(=O)[nH]c(=O)[nH]1)N1CCC(Oc2cccc3c2ccn3CC2CC2)CC1. The van der Waals surface area contributed by atoms with E-state index in [1.165, 1.54) is 18.4 Å². The number of amides is 1. The molecule has 1 saturated carbocycles. The molecule has 0 radical (unpaired) electrons. The Balaban J connectivity index is 1.25. The molecule has 3 aromatic rings. The van der Waals surface area contributed by atoms with E-state index in [0.717, 1.165) is 29.7 Å². The quantitative estimate of drug-likeness (QED) is 0.675. The number of benzene rings is 1. The number of H-pyrrole nitrogens is 2. The van der Waals surface area contributed by atoms with Crippen molar-refractivity contribution in [1.29, 1.82) is 0 Å². The molecule has 156 valence electrons. The van der Waals surface area contributed by atoms with E-state index in [9.17, 15) is 14.4 Å². The molecular weight excluding hydrogens is 384 g/mol. The van der Waals surface area contributed by atoms with Gasteiger partial charge in [0.15, 0.2) is 0 Å². The van der Waals surface area contributed by atoms with Crippen molar-refractivity contribution >= 4 is 16.8 Å². The summed E-state index contributed by atoms with van der Waals surface area (Å²) in [5.41, 5.74) is -0.0389. The molecule has 5 rings (SSSR count). The molecule has 2 aliphatic rings. The third-order valence-corrected chi connectivity index (χ3v) is 5.94. The number of carbonyl (C=O) groups is 1. The average Bonchev–Trinajstić information content (AvgIpc) is 3.46. The van der Waals surface area contributed by atoms with Crippen LogP contribution in [0, 0.1) is 5.92 Å². The second-order valence-electron chi connectivity index (χ2n) is 8.21. The lowest BCUT2D eigenvalue weighted by atomic mass is 10.1. The van der Waals surface area contributed by atoms with Crippen molar-refractivity contribution in [2.75, 3.05) is 13.1 Å². The normalized spacial score (nSPS) is 17.4. The molecule has 0 atom stereocenters. The second-order valence-corrected chi connectivity index (χ2v) is 8.21. The highest BCUT2D eigenvalue weighted by molar-refractivity contribution is 5.92. The zero-order valence-electron chi connectivity index (χ0n) is 16.6. The van der Waals surface area contributed by atoms with E-state index < -0.39 is 11.2 Å². The highest BCUT2D eigenvalue weighted by Gasteiger charge is 2.26. The second kappa shape index (κ2) is 7.51. The number of carbonyl (C=O) groups excluding carboxylic acids is 1. The Kier molecular flexibility index (Phi) is 4.69. The molecule has 1 aliphatic carbocycles. The fourth-order valence-corrected chi connectivity index (χ4v) is 4.15. The van der Waals surface area contributed by atoms with E-state index in [1.54, 1.807) is 4.90 Å². The van der Waals surface area contributed by atoms with Gasteiger partial charge in [0.1, 0.15) is 17.5 Å². The Labute approximate surface area is 172 Å². The summed E-state index contributed by atoms with van der Waals surface area (Å²) in [5, 5.41) is 1.12. The van der Waals surface area contributed by atoms with Crippen LogP contribution >= 0.6 is 0 Å². The van der Waals surface area contributed by atoms with Gasteiger partial charge in [0.25, 0.3) is 11.5 Å². The van der Waals surface area contributed by atoms with E-state index in [4.69, 9.17) is 4.74 Å². The summed E-state index contributed by atoms with van der Waals surface area (Å²) < 4.78 is 8.62. The van der Waals surface area contributed by atoms with Crippen LogP contribution in [0.4, 0.5) is 0 Å². The van der Waals surface area contributed by atoms with Gasteiger partial charge in [-0.3, -0.25) is 14.6 Å². The zero-order chi connectivity index (χ0) is 20.7. The van der Waals surface area contributed by atoms with Crippen LogP contribution in [0.25, 0.3) is 10.9 Å². The van der Waals surface area contributed by atoms with Crippen LogP contribution in [0.15, 0.2) is 46.1 Å². The maximum atomic E-state index is 12.6. The van der Waals surface area contributed by atoms with E-state index in [-0.39, 0.29) is 17.7 Å². The first-order valence-corrected chi connectivity index (χ1v) is 10.4. The number of nitrogens with zero attached hydrogens (tertiary/aromatic N) is 2. The fraction of sp³-hybridized carbons (Fsp3) is 0.409. The van der Waals surface area contributed by atoms with Gasteiger partial charge in [-0.25, -0.2) is 4.79 Å². The first-order chi connectivity index (χ1) is 14.6. The van der Waals surface area contributed by atoms with E-state index >= 15 is 0 Å². The van der Waals surface area contributed by atoms with Gasteiger partial charge in [0.05, 0.1) is 5.52 Å². The number of hydrogen-bond donors (Lipinski definition) is 2. The zero-order valence-corrected chi connectivity index (χ0v) is 16.6. The smallest absolute Gasteiger partial charge is 0.326 e. The molecule has 0 bridgehead atoms. The van der Waals surface area contributed by atoms with Crippen molar-refractivity contribution in [2.45, 2.75) is 38.3 Å². The van der Waals surface area contributed by atoms with Crippen molar-refractivity contribution < 1.29 is 9.53 Å². The number of fused-ring (bicyclic) bond motifs is 1. The molecule has 2 aromatic heterocycles. The number of aromatic amines is 2.